The first kappa shape index (κ1) is 16.6. The number of nitrogens with one attached hydrogen (secondary N) is 1. The Bertz CT molecular complexity index is 784. The number of aromatic nitrogens is 1. The fourth-order valence-corrected chi connectivity index (χ4v) is 4.32. The third kappa shape index (κ3) is 3.06. The number of thiazole rings is 1. The molecule has 1 heterocycles. The van der Waals surface area contributed by atoms with Crippen molar-refractivity contribution < 1.29 is 9.59 Å². The smallest absolute Gasteiger partial charge is 0.254 e. The topological polar surface area (TPSA) is 62.3 Å². The van der Waals surface area contributed by atoms with E-state index in [4.69, 9.17) is 0 Å². The highest BCUT2D eigenvalue weighted by Crippen LogP contribution is 2.37. The maximum absolute atomic E-state index is 12.9. The van der Waals surface area contributed by atoms with Crippen molar-refractivity contribution in [3.63, 3.8) is 0 Å². The highest BCUT2D eigenvalue weighted by atomic mass is 32.1. The Morgan fingerprint density at radius 3 is 2.83 bits per heavy atom. The average Bonchev–Trinajstić information content (AvgIpc) is 2.99. The van der Waals surface area contributed by atoms with Crippen molar-refractivity contribution in [3.8, 4) is 0 Å². The number of carbonyl (C=O) groups is 2. The van der Waals surface area contributed by atoms with Gasteiger partial charge < -0.3 is 10.2 Å². The highest BCUT2D eigenvalue weighted by Gasteiger charge is 2.30. The van der Waals surface area contributed by atoms with Crippen LogP contribution in [-0.4, -0.2) is 35.8 Å². The van der Waals surface area contributed by atoms with Crippen molar-refractivity contribution in [1.29, 1.82) is 0 Å². The minimum atomic E-state index is -0.190. The lowest BCUT2D eigenvalue weighted by molar-refractivity contribution is 0.0718. The van der Waals surface area contributed by atoms with Gasteiger partial charge in [0.2, 0.25) is 0 Å². The second kappa shape index (κ2) is 6.73. The number of aryl methyl sites for hydroxylation is 2. The molecule has 0 saturated carbocycles. The monoisotopic (exact) mass is 343 g/mol. The first-order valence-corrected chi connectivity index (χ1v) is 8.88. The van der Waals surface area contributed by atoms with Crippen molar-refractivity contribution in [2.45, 2.75) is 32.2 Å². The number of hydrogen-bond donors (Lipinski definition) is 1. The van der Waals surface area contributed by atoms with Gasteiger partial charge in [0.25, 0.3) is 11.8 Å². The molecule has 0 aliphatic heterocycles. The first-order valence-electron chi connectivity index (χ1n) is 8.06. The lowest BCUT2D eigenvalue weighted by Gasteiger charge is -2.30. The van der Waals surface area contributed by atoms with E-state index in [-0.39, 0.29) is 17.9 Å². The Morgan fingerprint density at radius 1 is 1.33 bits per heavy atom. The van der Waals surface area contributed by atoms with Crippen LogP contribution in [0.1, 0.15) is 55.2 Å². The third-order valence-electron chi connectivity index (χ3n) is 4.41. The summed E-state index contributed by atoms with van der Waals surface area (Å²) in [4.78, 5) is 32.3. The van der Waals surface area contributed by atoms with Crippen LogP contribution < -0.4 is 5.32 Å². The molecule has 1 aromatic heterocycles. The van der Waals surface area contributed by atoms with Crippen LogP contribution in [0.5, 0.6) is 0 Å². The number of rotatable bonds is 3. The molecular weight excluding hydrogens is 322 g/mol. The SMILES string of the molecule is CNC(=O)c1cccc(C(=O)N(C)[C@@H]2CCCc3nc(C)sc32)c1. The highest BCUT2D eigenvalue weighted by molar-refractivity contribution is 7.11. The molecular formula is C18H21N3O2S. The standard InChI is InChI=1S/C18H21N3O2S/c1-11-20-14-8-5-9-15(16(14)24-11)21(3)18(23)13-7-4-6-12(10-13)17(22)19-2/h4,6-7,10,15H,5,8-9H2,1-3H3,(H,19,22)/t15-/m1/s1. The quantitative estimate of drug-likeness (QED) is 0.932. The predicted octanol–water partition coefficient (Wildman–Crippen LogP) is 2.96. The molecule has 1 N–H and O–H groups in total. The van der Waals surface area contributed by atoms with Crippen molar-refractivity contribution in [2.75, 3.05) is 14.1 Å². The largest absolute Gasteiger partial charge is 0.355 e. The molecule has 2 amide bonds. The normalized spacial score (nSPS) is 16.4. The van der Waals surface area contributed by atoms with Gasteiger partial charge >= 0.3 is 0 Å². The maximum atomic E-state index is 12.9. The molecule has 0 radical (unpaired) electrons. The van der Waals surface area contributed by atoms with Crippen molar-refractivity contribution in [2.24, 2.45) is 0 Å². The summed E-state index contributed by atoms with van der Waals surface area (Å²) in [5.41, 5.74) is 2.16. The molecule has 24 heavy (non-hydrogen) atoms. The molecule has 3 rings (SSSR count). The van der Waals surface area contributed by atoms with Gasteiger partial charge in [-0.25, -0.2) is 4.98 Å². The second-order valence-corrected chi connectivity index (χ2v) is 7.26. The molecule has 2 aromatic rings. The Hall–Kier alpha value is -2.21. The van der Waals surface area contributed by atoms with E-state index in [2.05, 4.69) is 10.3 Å². The molecule has 126 valence electrons. The molecule has 1 atom stereocenters. The fourth-order valence-electron chi connectivity index (χ4n) is 3.17. The number of amides is 2. The second-order valence-electron chi connectivity index (χ2n) is 6.03. The number of carbonyl (C=O) groups excluding carboxylic acids is 2. The van der Waals surface area contributed by atoms with E-state index in [1.165, 1.54) is 4.88 Å². The molecule has 1 aliphatic rings. The van der Waals surface area contributed by atoms with Crippen molar-refractivity contribution >= 4 is 23.2 Å². The van der Waals surface area contributed by atoms with Crippen LogP contribution in [0.25, 0.3) is 0 Å². The van der Waals surface area contributed by atoms with E-state index < -0.39 is 0 Å². The van der Waals surface area contributed by atoms with E-state index >= 15 is 0 Å². The van der Waals surface area contributed by atoms with E-state index in [1.807, 2.05) is 14.0 Å². The third-order valence-corrected chi connectivity index (χ3v) is 5.53. The summed E-state index contributed by atoms with van der Waals surface area (Å²) < 4.78 is 0. The van der Waals surface area contributed by atoms with Gasteiger partial charge in [0.15, 0.2) is 0 Å². The van der Waals surface area contributed by atoms with Gasteiger partial charge in [-0.1, -0.05) is 6.07 Å². The zero-order chi connectivity index (χ0) is 17.3. The van der Waals surface area contributed by atoms with Gasteiger partial charge in [0.1, 0.15) is 0 Å². The van der Waals surface area contributed by atoms with E-state index in [9.17, 15) is 9.59 Å². The Balaban J connectivity index is 1.87. The zero-order valence-corrected chi connectivity index (χ0v) is 14.9. The minimum Gasteiger partial charge on any atom is -0.355 e. The van der Waals surface area contributed by atoms with E-state index in [0.717, 1.165) is 30.0 Å². The average molecular weight is 343 g/mol. The van der Waals surface area contributed by atoms with Crippen molar-refractivity contribution in [1.82, 2.24) is 15.2 Å². The summed E-state index contributed by atoms with van der Waals surface area (Å²) in [6, 6.07) is 6.93. The van der Waals surface area contributed by atoms with Gasteiger partial charge in [-0.3, -0.25) is 9.59 Å². The molecule has 5 nitrogen and oxygen atoms in total. The molecule has 0 spiro atoms. The number of nitrogens with zero attached hydrogens (tertiary/aromatic N) is 2. The van der Waals surface area contributed by atoms with Crippen molar-refractivity contribution in [3.05, 3.63) is 51.0 Å². The number of fused-ring (bicyclic) bond motifs is 1. The van der Waals surface area contributed by atoms with Crippen LogP contribution in [0.4, 0.5) is 0 Å². The lowest BCUT2D eigenvalue weighted by atomic mass is 9.96. The van der Waals surface area contributed by atoms with Gasteiger partial charge in [-0.2, -0.15) is 0 Å². The Labute approximate surface area is 145 Å². The first-order chi connectivity index (χ1) is 11.5. The predicted molar refractivity (Wildman–Crippen MR) is 94.5 cm³/mol. The molecule has 1 aromatic carbocycles. The fraction of sp³-hybridized carbons (Fsp3) is 0.389. The van der Waals surface area contributed by atoms with Crippen LogP contribution in [0.15, 0.2) is 24.3 Å². The maximum Gasteiger partial charge on any atom is 0.254 e. The van der Waals surface area contributed by atoms with Crippen LogP contribution in [0.2, 0.25) is 0 Å². The zero-order valence-electron chi connectivity index (χ0n) is 14.1. The lowest BCUT2D eigenvalue weighted by Crippen LogP contribution is -2.33. The van der Waals surface area contributed by atoms with E-state index in [0.29, 0.717) is 11.1 Å². The molecule has 0 saturated heterocycles. The minimum absolute atomic E-state index is 0.0651. The van der Waals surface area contributed by atoms with Crippen LogP contribution in [0, 0.1) is 6.92 Å². The molecule has 0 unspecified atom stereocenters. The summed E-state index contributed by atoms with van der Waals surface area (Å²) in [6.45, 7) is 2.01. The van der Waals surface area contributed by atoms with Crippen LogP contribution >= 0.6 is 11.3 Å². The Morgan fingerprint density at radius 2 is 2.08 bits per heavy atom. The summed E-state index contributed by atoms with van der Waals surface area (Å²) in [7, 11) is 3.42. The summed E-state index contributed by atoms with van der Waals surface area (Å²) in [5.74, 6) is -0.255. The van der Waals surface area contributed by atoms with Gasteiger partial charge in [-0.15, -0.1) is 11.3 Å². The summed E-state index contributed by atoms with van der Waals surface area (Å²) in [6.07, 6.45) is 2.98. The molecule has 1 aliphatic carbocycles. The molecule has 0 fully saturated rings. The number of benzene rings is 1. The van der Waals surface area contributed by atoms with Crippen LogP contribution in [-0.2, 0) is 6.42 Å². The van der Waals surface area contributed by atoms with Gasteiger partial charge in [0, 0.05) is 25.2 Å². The molecule has 0 bridgehead atoms. The number of hydrogen-bond acceptors (Lipinski definition) is 4. The van der Waals surface area contributed by atoms with Crippen LogP contribution in [0.3, 0.4) is 0 Å². The Kier molecular flexibility index (Phi) is 4.66. The van der Waals surface area contributed by atoms with Gasteiger partial charge in [-0.05, 0) is 44.4 Å². The summed E-state index contributed by atoms with van der Waals surface area (Å²) >= 11 is 1.68. The summed E-state index contributed by atoms with van der Waals surface area (Å²) in [5, 5.41) is 3.64. The molecule has 6 heteroatoms. The van der Waals surface area contributed by atoms with E-state index in [1.54, 1.807) is 47.5 Å². The van der Waals surface area contributed by atoms with Gasteiger partial charge in [0.05, 0.1) is 21.6 Å².